The first-order chi connectivity index (χ1) is 49.2. The third-order valence-corrected chi connectivity index (χ3v) is 27.9. The average Bonchev–Trinajstić information content (AvgIpc) is 1.58. The van der Waals surface area contributed by atoms with E-state index in [4.69, 9.17) is 0 Å². The number of quaternary nitrogens is 4. The monoisotopic (exact) mass is 1490 g/mol. The van der Waals surface area contributed by atoms with Crippen molar-refractivity contribution in [3.05, 3.63) is 161 Å². The SMILES string of the molecule is CCCCN1C(=CC=CC=CC=CC2=[N+](CCCS(=O)(=O)[O-])c3ccc(S(=O)(=O)N(C)CCCC(=O)NCC(=O)Nc4ccc(CC[N+]56CC[N+](C)(CC5)CC6)cc4)cc3C2(C)C)C(C)(C)c2cc(S(=O)(=O)N(C)CCCC(=O)NCC(=O)Cc3ccc(CC[N+]45CC[N+](C)(CC4)CC5)cc3)ccc21. The van der Waals surface area contributed by atoms with Crippen molar-refractivity contribution < 1.29 is 71.5 Å². The topological polar surface area (TPSA) is 243 Å². The van der Waals surface area contributed by atoms with E-state index in [1.165, 1.54) is 136 Å². The molecule has 6 fully saturated rings. The van der Waals surface area contributed by atoms with Gasteiger partial charge in [-0.1, -0.05) is 94.0 Å². The number of hydrogen-bond donors (Lipinski definition) is 3. The summed E-state index contributed by atoms with van der Waals surface area (Å²) in [5, 5.41) is 8.24. The molecule has 12 rings (SSSR count). The van der Waals surface area contributed by atoms with E-state index in [1.807, 2.05) is 103 Å². The van der Waals surface area contributed by atoms with Crippen molar-refractivity contribution in [2.75, 3.05) is 175 Å². The summed E-state index contributed by atoms with van der Waals surface area (Å²) in [7, 11) is -4.80. The molecule has 0 unspecified atom stereocenters. The number of piperazine rings is 6. The quantitative estimate of drug-likeness (QED) is 0.0176. The summed E-state index contributed by atoms with van der Waals surface area (Å²) in [5.41, 5.74) is 7.61. The fourth-order valence-corrected chi connectivity index (χ4v) is 18.9. The van der Waals surface area contributed by atoms with Crippen molar-refractivity contribution in [1.82, 2.24) is 19.2 Å². The first-order valence-electron chi connectivity index (χ1n) is 37.4. The highest BCUT2D eigenvalue weighted by molar-refractivity contribution is 7.89. The molecule has 0 aromatic heterocycles. The van der Waals surface area contributed by atoms with Crippen LogP contribution in [0, 0.1) is 0 Å². The Balaban J connectivity index is 0.691. The summed E-state index contributed by atoms with van der Waals surface area (Å²) in [4.78, 5) is 54.0. The van der Waals surface area contributed by atoms with Crippen LogP contribution in [0.3, 0.4) is 0 Å². The van der Waals surface area contributed by atoms with Crippen LogP contribution in [0.1, 0.15) is 107 Å². The molecule has 0 radical (unpaired) electrons. The number of Topliss-reactive ketones (excluding diaryl/α,β-unsaturated/α-hetero) is 1. The van der Waals surface area contributed by atoms with Crippen LogP contribution in [0.15, 0.2) is 143 Å². The van der Waals surface area contributed by atoms with Crippen LogP contribution in [0.25, 0.3) is 0 Å². The van der Waals surface area contributed by atoms with E-state index in [1.54, 1.807) is 24.3 Å². The Morgan fingerprint density at radius 1 is 0.577 bits per heavy atom. The number of sulfonamides is 2. The molecule has 4 aromatic rings. The minimum atomic E-state index is -4.52. The number of ketones is 1. The van der Waals surface area contributed by atoms with E-state index in [0.29, 0.717) is 16.9 Å². The van der Waals surface area contributed by atoms with Gasteiger partial charge in [0.1, 0.15) is 85.1 Å². The third-order valence-electron chi connectivity index (χ3n) is 23.4. The Morgan fingerprint density at radius 3 is 1.61 bits per heavy atom. The molecule has 4 bridgehead atoms. The highest BCUT2D eigenvalue weighted by Crippen LogP contribution is 2.49. The number of amides is 3. The van der Waals surface area contributed by atoms with Crippen molar-refractivity contribution >= 4 is 76.4 Å². The van der Waals surface area contributed by atoms with E-state index in [9.17, 15) is 49.0 Å². The summed E-state index contributed by atoms with van der Waals surface area (Å²) in [5.74, 6) is -1.73. The molecular formula is C79H113N11O11S3+4. The lowest BCUT2D eigenvalue weighted by Crippen LogP contribution is -2.73. The summed E-state index contributed by atoms with van der Waals surface area (Å²) in [6.45, 7) is 28.1. The fraction of sp³-hybridized carbons (Fsp3) is 0.532. The molecule has 25 heteroatoms. The molecule has 564 valence electrons. The number of hydrogen-bond acceptors (Lipinski definition) is 12. The van der Waals surface area contributed by atoms with Gasteiger partial charge in [0, 0.05) is 118 Å². The number of anilines is 2. The highest BCUT2D eigenvalue weighted by Gasteiger charge is 2.49. The highest BCUT2D eigenvalue weighted by atomic mass is 32.2. The minimum absolute atomic E-state index is 0.00433. The second-order valence-corrected chi connectivity index (χ2v) is 37.3. The molecule has 3 N–H and O–H groups in total. The number of fused-ring (bicyclic) bond motifs is 8. The zero-order chi connectivity index (χ0) is 74.9. The zero-order valence-corrected chi connectivity index (χ0v) is 65.3. The van der Waals surface area contributed by atoms with Gasteiger partial charge in [0.05, 0.1) is 65.6 Å². The number of carbonyl (C=O) groups excluding carboxylic acids is 4. The Hall–Kier alpha value is -7.04. The van der Waals surface area contributed by atoms with Gasteiger partial charge < -0.3 is 43.3 Å². The smallest absolute Gasteiger partial charge is 0.243 e. The van der Waals surface area contributed by atoms with Crippen LogP contribution in [0.4, 0.5) is 17.1 Å². The van der Waals surface area contributed by atoms with Crippen LogP contribution < -0.4 is 20.9 Å². The zero-order valence-electron chi connectivity index (χ0n) is 62.8. The average molecular weight is 1490 g/mol. The van der Waals surface area contributed by atoms with Crippen molar-refractivity contribution in [3.8, 4) is 0 Å². The second-order valence-electron chi connectivity index (χ2n) is 31.7. The van der Waals surface area contributed by atoms with E-state index >= 15 is 0 Å². The Labute approximate surface area is 619 Å². The number of carbonyl (C=O) groups is 4. The lowest BCUT2D eigenvalue weighted by molar-refractivity contribution is -1.07. The van der Waals surface area contributed by atoms with Crippen molar-refractivity contribution in [2.24, 2.45) is 0 Å². The molecular weight excluding hydrogens is 1380 g/mol. The molecule has 104 heavy (non-hydrogen) atoms. The largest absolute Gasteiger partial charge is 0.748 e. The van der Waals surface area contributed by atoms with E-state index in [-0.39, 0.29) is 105 Å². The van der Waals surface area contributed by atoms with Gasteiger partial charge in [-0.25, -0.2) is 33.9 Å². The summed E-state index contributed by atoms with van der Waals surface area (Å²) in [6, 6.07) is 26.3. The predicted molar refractivity (Wildman–Crippen MR) is 408 cm³/mol. The fourth-order valence-electron chi connectivity index (χ4n) is 15.9. The number of likely N-dealkylation sites (N-methyl/N-ethyl adjacent to an activating group) is 2. The van der Waals surface area contributed by atoms with Gasteiger partial charge in [-0.2, -0.15) is 4.58 Å². The molecule has 0 atom stereocenters. The van der Waals surface area contributed by atoms with Crippen LogP contribution >= 0.6 is 0 Å². The molecule has 0 spiro atoms. The summed E-state index contributed by atoms with van der Waals surface area (Å²) >= 11 is 0. The number of benzene rings is 4. The van der Waals surface area contributed by atoms with Gasteiger partial charge in [0.25, 0.3) is 0 Å². The molecule has 22 nitrogen and oxygen atoms in total. The van der Waals surface area contributed by atoms with Gasteiger partial charge in [-0.15, -0.1) is 0 Å². The van der Waals surface area contributed by atoms with Crippen LogP contribution in [0.5, 0.6) is 0 Å². The van der Waals surface area contributed by atoms with Crippen molar-refractivity contribution in [1.29, 1.82) is 0 Å². The van der Waals surface area contributed by atoms with E-state index < -0.39 is 46.7 Å². The van der Waals surface area contributed by atoms with Crippen LogP contribution in [0.2, 0.25) is 0 Å². The Kier molecular flexibility index (Phi) is 25.2. The van der Waals surface area contributed by atoms with Gasteiger partial charge >= 0.3 is 0 Å². The van der Waals surface area contributed by atoms with Gasteiger partial charge in [-0.3, -0.25) is 19.2 Å². The van der Waals surface area contributed by atoms with Gasteiger partial charge in [0.2, 0.25) is 43.5 Å². The first-order valence-corrected chi connectivity index (χ1v) is 41.8. The predicted octanol–water partition coefficient (Wildman–Crippen LogP) is 7.30. The van der Waals surface area contributed by atoms with Gasteiger partial charge in [-0.05, 0) is 104 Å². The normalized spacial score (nSPS) is 23.1. The molecule has 0 aliphatic carbocycles. The lowest BCUT2D eigenvalue weighted by atomic mass is 9.81. The molecule has 8 aliphatic heterocycles. The maximum atomic E-state index is 14.2. The number of rotatable bonds is 36. The molecule has 3 amide bonds. The summed E-state index contributed by atoms with van der Waals surface area (Å²) in [6.07, 6.45) is 18.0. The van der Waals surface area contributed by atoms with Crippen LogP contribution in [-0.4, -0.2) is 255 Å². The minimum Gasteiger partial charge on any atom is -0.748 e. The number of allylic oxidation sites excluding steroid dienone is 8. The number of unbranched alkanes of at least 4 members (excludes halogenated alkanes) is 1. The molecule has 8 heterocycles. The van der Waals surface area contributed by atoms with Crippen molar-refractivity contribution in [3.63, 3.8) is 0 Å². The lowest BCUT2D eigenvalue weighted by Gasteiger charge is -2.54. The second kappa shape index (κ2) is 33.0. The van der Waals surface area contributed by atoms with Crippen LogP contribution in [-0.2, 0) is 79.4 Å². The molecule has 6 saturated heterocycles. The van der Waals surface area contributed by atoms with E-state index in [0.717, 1.165) is 73.5 Å². The maximum absolute atomic E-state index is 14.2. The first kappa shape index (κ1) is 79.5. The third kappa shape index (κ3) is 19.4. The van der Waals surface area contributed by atoms with Gasteiger partial charge in [0.15, 0.2) is 11.5 Å². The summed E-state index contributed by atoms with van der Waals surface area (Å²) < 4.78 is 101. The number of nitrogens with zero attached hydrogens (tertiary/aromatic N) is 8. The Morgan fingerprint density at radius 2 is 1.07 bits per heavy atom. The molecule has 4 aromatic carbocycles. The standard InChI is InChI=1S/C79H110N11O11S3/c1-10-11-40-85-71-34-32-67(103(98,99)83(6)38-17-22-75(92)80-60-66(91)57-64-26-24-62(25-27-64)36-42-89-50-44-87(8,45-51-89)46-52-89)58-69(71)78(2,3)73(85)20-15-13-12-14-16-21-74-79(4,5)70-59-68(33-35-72(70)86(74)41-19-56-102(95,96)97)104(100,101)84(7)39-18-23-76(93)81-61-77(94)82-65-30-28-63(29-31-65)37-43-90-53-47-88(9,48-54-90)49-55-90/h12-16,20-21,24-35,58-59H,10-11,17-19,22-23,36-57,60-61H2,1-9H3/q+1/p+3. The van der Waals surface area contributed by atoms with E-state index in [2.05, 4.69) is 67.8 Å². The molecule has 0 saturated carbocycles. The Bertz CT molecular complexity index is 4290. The molecule has 8 aliphatic rings. The maximum Gasteiger partial charge on any atom is 0.243 e. The number of nitrogens with one attached hydrogen (secondary N) is 3. The van der Waals surface area contributed by atoms with Crippen molar-refractivity contribution in [2.45, 2.75) is 119 Å².